The summed E-state index contributed by atoms with van der Waals surface area (Å²) < 4.78 is 5.22. The van der Waals surface area contributed by atoms with Crippen molar-refractivity contribution in [2.24, 2.45) is 0 Å². The number of carboxylic acid groups (broad SMARTS) is 1. The molecule has 0 fully saturated rings. The zero-order valence-electron chi connectivity index (χ0n) is 10.6. The van der Waals surface area contributed by atoms with Crippen molar-refractivity contribution in [2.75, 3.05) is 11.9 Å². The molecule has 19 heavy (non-hydrogen) atoms. The van der Waals surface area contributed by atoms with Crippen LogP contribution in [0.15, 0.2) is 29.0 Å². The van der Waals surface area contributed by atoms with E-state index >= 15 is 0 Å². The highest BCUT2D eigenvalue weighted by Gasteiger charge is 2.17. The third-order valence-corrected chi connectivity index (χ3v) is 3.21. The van der Waals surface area contributed by atoms with Gasteiger partial charge in [0.25, 0.3) is 0 Å². The first-order chi connectivity index (χ1) is 9.00. The Morgan fingerprint density at radius 2 is 2.26 bits per heavy atom. The molecule has 6 heteroatoms. The van der Waals surface area contributed by atoms with E-state index in [1.165, 1.54) is 12.3 Å². The van der Waals surface area contributed by atoms with Gasteiger partial charge in [-0.2, -0.15) is 0 Å². The summed E-state index contributed by atoms with van der Waals surface area (Å²) in [7, 11) is 1.80. The predicted octanol–water partition coefficient (Wildman–Crippen LogP) is 2.97. The SMILES string of the molecule is Cc1occc1CN(C)c1nccc(C(=O)O)c1Cl. The van der Waals surface area contributed by atoms with E-state index in [0.29, 0.717) is 12.4 Å². The van der Waals surface area contributed by atoms with Gasteiger partial charge < -0.3 is 14.4 Å². The van der Waals surface area contributed by atoms with E-state index in [1.807, 2.05) is 13.0 Å². The Hall–Kier alpha value is -2.01. The van der Waals surface area contributed by atoms with Crippen LogP contribution < -0.4 is 4.90 Å². The van der Waals surface area contributed by atoms with Crippen molar-refractivity contribution in [1.82, 2.24) is 4.98 Å². The highest BCUT2D eigenvalue weighted by atomic mass is 35.5. The molecule has 2 aromatic heterocycles. The van der Waals surface area contributed by atoms with Crippen LogP contribution in [-0.4, -0.2) is 23.1 Å². The Kier molecular flexibility index (Phi) is 3.76. The number of hydrogen-bond donors (Lipinski definition) is 1. The lowest BCUT2D eigenvalue weighted by Gasteiger charge is -2.19. The summed E-state index contributed by atoms with van der Waals surface area (Å²) in [6.45, 7) is 2.41. The van der Waals surface area contributed by atoms with Crippen molar-refractivity contribution < 1.29 is 14.3 Å². The van der Waals surface area contributed by atoms with E-state index < -0.39 is 5.97 Å². The first kappa shape index (κ1) is 13.4. The van der Waals surface area contributed by atoms with Gasteiger partial charge in [0.1, 0.15) is 11.6 Å². The van der Waals surface area contributed by atoms with Crippen LogP contribution in [0.2, 0.25) is 5.02 Å². The van der Waals surface area contributed by atoms with Crippen LogP contribution in [0, 0.1) is 6.92 Å². The molecule has 0 unspecified atom stereocenters. The van der Waals surface area contributed by atoms with Crippen molar-refractivity contribution in [2.45, 2.75) is 13.5 Å². The fourth-order valence-electron chi connectivity index (χ4n) is 1.77. The van der Waals surface area contributed by atoms with Gasteiger partial charge in [0.2, 0.25) is 0 Å². The Bertz CT molecular complexity index is 610. The van der Waals surface area contributed by atoms with Gasteiger partial charge in [0.05, 0.1) is 16.8 Å². The zero-order chi connectivity index (χ0) is 14.0. The van der Waals surface area contributed by atoms with Crippen LogP contribution in [-0.2, 0) is 6.54 Å². The maximum atomic E-state index is 11.0. The molecule has 2 rings (SSSR count). The van der Waals surface area contributed by atoms with Crippen LogP contribution in [0.5, 0.6) is 0 Å². The molecule has 0 spiro atoms. The molecule has 0 bridgehead atoms. The number of nitrogens with zero attached hydrogens (tertiary/aromatic N) is 2. The lowest BCUT2D eigenvalue weighted by Crippen LogP contribution is -2.19. The number of furan rings is 1. The highest BCUT2D eigenvalue weighted by Crippen LogP contribution is 2.27. The summed E-state index contributed by atoms with van der Waals surface area (Å²) in [6, 6.07) is 3.24. The average molecular weight is 281 g/mol. The number of aromatic nitrogens is 1. The fourth-order valence-corrected chi connectivity index (χ4v) is 2.11. The molecular weight excluding hydrogens is 268 g/mol. The first-order valence-corrected chi connectivity index (χ1v) is 6.00. The van der Waals surface area contributed by atoms with Gasteiger partial charge in [-0.3, -0.25) is 0 Å². The molecule has 0 aromatic carbocycles. The third kappa shape index (κ3) is 2.71. The van der Waals surface area contributed by atoms with E-state index in [9.17, 15) is 4.79 Å². The van der Waals surface area contributed by atoms with Crippen LogP contribution in [0.1, 0.15) is 21.7 Å². The summed E-state index contributed by atoms with van der Waals surface area (Å²) in [5.74, 6) is 0.182. The standard InChI is InChI=1S/C13H13ClN2O3/c1-8-9(4-6-19-8)7-16(2)12-11(14)10(13(17)18)3-5-15-12/h3-6H,7H2,1-2H3,(H,17,18). The van der Waals surface area contributed by atoms with Crippen molar-refractivity contribution in [1.29, 1.82) is 0 Å². The van der Waals surface area contributed by atoms with Crippen molar-refractivity contribution in [3.05, 3.63) is 46.5 Å². The number of pyridine rings is 1. The zero-order valence-corrected chi connectivity index (χ0v) is 11.3. The maximum absolute atomic E-state index is 11.0. The van der Waals surface area contributed by atoms with E-state index in [1.54, 1.807) is 18.2 Å². The van der Waals surface area contributed by atoms with Crippen molar-refractivity contribution in [3.8, 4) is 0 Å². The fraction of sp³-hybridized carbons (Fsp3) is 0.231. The second-order valence-corrected chi connectivity index (χ2v) is 4.54. The van der Waals surface area contributed by atoms with Crippen molar-refractivity contribution in [3.63, 3.8) is 0 Å². The molecule has 1 N–H and O–H groups in total. The molecule has 0 amide bonds. The molecule has 0 radical (unpaired) electrons. The summed E-state index contributed by atoms with van der Waals surface area (Å²) in [5.41, 5.74) is 1.04. The van der Waals surface area contributed by atoms with Gasteiger partial charge in [0.15, 0.2) is 0 Å². The number of hydrogen-bond acceptors (Lipinski definition) is 4. The molecule has 0 saturated heterocycles. The number of aromatic carboxylic acids is 1. The van der Waals surface area contributed by atoms with Crippen LogP contribution in [0.4, 0.5) is 5.82 Å². The highest BCUT2D eigenvalue weighted by molar-refractivity contribution is 6.35. The van der Waals surface area contributed by atoms with E-state index in [-0.39, 0.29) is 10.6 Å². The lowest BCUT2D eigenvalue weighted by atomic mass is 10.2. The van der Waals surface area contributed by atoms with Crippen LogP contribution in [0.3, 0.4) is 0 Å². The Balaban J connectivity index is 2.29. The van der Waals surface area contributed by atoms with E-state index in [4.69, 9.17) is 21.1 Å². The number of rotatable bonds is 4. The molecular formula is C13H13ClN2O3. The monoisotopic (exact) mass is 280 g/mol. The maximum Gasteiger partial charge on any atom is 0.337 e. The molecule has 100 valence electrons. The second kappa shape index (κ2) is 5.32. The minimum atomic E-state index is -1.07. The van der Waals surface area contributed by atoms with Crippen LogP contribution in [0.25, 0.3) is 0 Å². The number of carboxylic acids is 1. The molecule has 2 heterocycles. The van der Waals surface area contributed by atoms with E-state index in [2.05, 4.69) is 4.98 Å². The summed E-state index contributed by atoms with van der Waals surface area (Å²) >= 11 is 6.07. The topological polar surface area (TPSA) is 66.6 Å². The van der Waals surface area contributed by atoms with Gasteiger partial charge in [-0.25, -0.2) is 9.78 Å². The second-order valence-electron chi connectivity index (χ2n) is 4.16. The Morgan fingerprint density at radius 1 is 1.53 bits per heavy atom. The number of carbonyl (C=O) groups is 1. The van der Waals surface area contributed by atoms with Gasteiger partial charge in [-0.1, -0.05) is 11.6 Å². The smallest absolute Gasteiger partial charge is 0.337 e. The average Bonchev–Trinajstić information content (AvgIpc) is 2.74. The van der Waals surface area contributed by atoms with Gasteiger partial charge in [-0.15, -0.1) is 0 Å². The number of anilines is 1. The predicted molar refractivity (Wildman–Crippen MR) is 71.8 cm³/mol. The molecule has 5 nitrogen and oxygen atoms in total. The van der Waals surface area contributed by atoms with Crippen molar-refractivity contribution >= 4 is 23.4 Å². The summed E-state index contributed by atoms with van der Waals surface area (Å²) in [5, 5.41) is 9.16. The quantitative estimate of drug-likeness (QED) is 0.932. The summed E-state index contributed by atoms with van der Waals surface area (Å²) in [6.07, 6.45) is 3.05. The van der Waals surface area contributed by atoms with Gasteiger partial charge >= 0.3 is 5.97 Å². The number of aryl methyl sites for hydroxylation is 1. The van der Waals surface area contributed by atoms with Crippen LogP contribution >= 0.6 is 11.6 Å². The molecule has 0 saturated carbocycles. The largest absolute Gasteiger partial charge is 0.478 e. The normalized spacial score (nSPS) is 10.5. The molecule has 0 atom stereocenters. The first-order valence-electron chi connectivity index (χ1n) is 5.62. The van der Waals surface area contributed by atoms with E-state index in [0.717, 1.165) is 11.3 Å². The number of halogens is 1. The summed E-state index contributed by atoms with van der Waals surface area (Å²) in [4.78, 5) is 16.9. The van der Waals surface area contributed by atoms with Gasteiger partial charge in [-0.05, 0) is 19.1 Å². The Labute approximate surface area is 115 Å². The lowest BCUT2D eigenvalue weighted by molar-refractivity contribution is 0.0697. The minimum absolute atomic E-state index is 0.0439. The third-order valence-electron chi connectivity index (χ3n) is 2.84. The Morgan fingerprint density at radius 3 is 2.84 bits per heavy atom. The van der Waals surface area contributed by atoms with Gasteiger partial charge in [0, 0.05) is 25.4 Å². The molecule has 0 aliphatic carbocycles. The molecule has 2 aromatic rings. The minimum Gasteiger partial charge on any atom is -0.478 e. The molecule has 0 aliphatic rings. The molecule has 0 aliphatic heterocycles.